The molecule has 0 unspecified atom stereocenters. The maximum Gasteiger partial charge on any atom is 0.170 e. The molecule has 2 atom stereocenters. The van der Waals surface area contributed by atoms with Gasteiger partial charge in [-0.2, -0.15) is 0 Å². The summed E-state index contributed by atoms with van der Waals surface area (Å²) >= 11 is 5.74. The van der Waals surface area contributed by atoms with Crippen molar-refractivity contribution in [2.24, 2.45) is 0 Å². The van der Waals surface area contributed by atoms with E-state index < -0.39 is 0 Å². The Morgan fingerprint density at radius 2 is 2.00 bits per heavy atom. The minimum atomic E-state index is 0.00952. The zero-order valence-corrected chi connectivity index (χ0v) is 17.1. The average Bonchev–Trinajstić information content (AvgIpc) is 3.27. The molecule has 0 radical (unpaired) electrons. The number of aromatic nitrogens is 3. The fourth-order valence-electron chi connectivity index (χ4n) is 3.92. The van der Waals surface area contributed by atoms with Crippen molar-refractivity contribution in [1.82, 2.24) is 24.8 Å². The number of hydrogen-bond acceptors (Lipinski definition) is 3. The summed E-state index contributed by atoms with van der Waals surface area (Å²) in [6.07, 6.45) is 7.78. The number of hydrogen-bond donors (Lipinski definition) is 1. The van der Waals surface area contributed by atoms with Gasteiger partial charge in [-0.25, -0.2) is 0 Å². The van der Waals surface area contributed by atoms with Crippen LogP contribution in [0.25, 0.3) is 5.69 Å². The van der Waals surface area contributed by atoms with Gasteiger partial charge in [0.2, 0.25) is 0 Å². The second kappa shape index (κ2) is 8.10. The maximum atomic E-state index is 5.74. The summed E-state index contributed by atoms with van der Waals surface area (Å²) in [6, 6.07) is 14.6. The largest absolute Gasteiger partial charge is 0.352 e. The number of pyridine rings is 2. The van der Waals surface area contributed by atoms with Crippen LogP contribution in [-0.2, 0) is 0 Å². The van der Waals surface area contributed by atoms with Gasteiger partial charge in [-0.15, -0.1) is 0 Å². The van der Waals surface area contributed by atoms with Gasteiger partial charge >= 0.3 is 0 Å². The highest BCUT2D eigenvalue weighted by Gasteiger charge is 2.41. The van der Waals surface area contributed by atoms with E-state index in [1.165, 1.54) is 11.4 Å². The van der Waals surface area contributed by atoms with E-state index in [4.69, 9.17) is 12.2 Å². The van der Waals surface area contributed by atoms with Crippen LogP contribution in [0.5, 0.6) is 0 Å². The Kier molecular flexibility index (Phi) is 5.39. The van der Waals surface area contributed by atoms with Crippen molar-refractivity contribution in [2.75, 3.05) is 6.54 Å². The van der Waals surface area contributed by atoms with Gasteiger partial charge < -0.3 is 14.8 Å². The van der Waals surface area contributed by atoms with Crippen molar-refractivity contribution in [3.63, 3.8) is 0 Å². The summed E-state index contributed by atoms with van der Waals surface area (Å²) < 4.78 is 2.28. The molecule has 1 saturated heterocycles. The van der Waals surface area contributed by atoms with Gasteiger partial charge in [-0.05, 0) is 62.0 Å². The Bertz CT molecular complexity index is 938. The molecule has 4 rings (SSSR count). The third-order valence-corrected chi connectivity index (χ3v) is 5.62. The van der Waals surface area contributed by atoms with Gasteiger partial charge in [0.1, 0.15) is 0 Å². The lowest BCUT2D eigenvalue weighted by Crippen LogP contribution is -2.31. The lowest BCUT2D eigenvalue weighted by molar-refractivity contribution is 0.304. The van der Waals surface area contributed by atoms with Crippen molar-refractivity contribution in [3.05, 3.63) is 78.1 Å². The third-order valence-electron chi connectivity index (χ3n) is 5.26. The summed E-state index contributed by atoms with van der Waals surface area (Å²) in [7, 11) is 0. The van der Waals surface area contributed by atoms with E-state index in [1.54, 1.807) is 6.20 Å². The van der Waals surface area contributed by atoms with Crippen LogP contribution in [0.3, 0.4) is 0 Å². The second-order valence-corrected chi connectivity index (χ2v) is 7.51. The lowest BCUT2D eigenvalue weighted by Gasteiger charge is -2.29. The van der Waals surface area contributed by atoms with E-state index in [2.05, 4.69) is 62.9 Å². The first-order valence-corrected chi connectivity index (χ1v) is 10.2. The molecule has 0 bridgehead atoms. The number of thiocarbonyl (C=S) groups is 1. The molecular weight excluding hydrogens is 366 g/mol. The Morgan fingerprint density at radius 3 is 2.71 bits per heavy atom. The van der Waals surface area contributed by atoms with Gasteiger partial charge in [0.05, 0.1) is 29.7 Å². The van der Waals surface area contributed by atoms with E-state index in [-0.39, 0.29) is 12.1 Å². The zero-order valence-electron chi connectivity index (χ0n) is 16.2. The van der Waals surface area contributed by atoms with Crippen LogP contribution >= 0.6 is 12.2 Å². The fraction of sp³-hybridized carbons (Fsp3) is 0.318. The highest BCUT2D eigenvalue weighted by Crippen LogP contribution is 2.40. The number of rotatable bonds is 6. The number of unbranched alkanes of at least 4 members (excludes halogenated alkanes) is 1. The van der Waals surface area contributed by atoms with Crippen molar-refractivity contribution in [1.29, 1.82) is 0 Å². The van der Waals surface area contributed by atoms with E-state index in [0.29, 0.717) is 0 Å². The molecule has 3 aromatic rings. The van der Waals surface area contributed by atoms with Crippen LogP contribution < -0.4 is 5.32 Å². The lowest BCUT2D eigenvalue weighted by atomic mass is 10.0. The molecule has 0 saturated carbocycles. The summed E-state index contributed by atoms with van der Waals surface area (Å²) in [5.74, 6) is 0. The molecule has 4 heterocycles. The van der Waals surface area contributed by atoms with Gasteiger partial charge in [-0.1, -0.05) is 19.4 Å². The van der Waals surface area contributed by atoms with Crippen molar-refractivity contribution < 1.29 is 0 Å². The average molecular weight is 392 g/mol. The highest BCUT2D eigenvalue weighted by molar-refractivity contribution is 7.80. The van der Waals surface area contributed by atoms with Crippen molar-refractivity contribution in [3.8, 4) is 5.69 Å². The van der Waals surface area contributed by atoms with E-state index >= 15 is 0 Å². The molecule has 3 aromatic heterocycles. The molecule has 0 aliphatic carbocycles. The highest BCUT2D eigenvalue weighted by atomic mass is 32.1. The zero-order chi connectivity index (χ0) is 19.5. The quantitative estimate of drug-likeness (QED) is 0.633. The van der Waals surface area contributed by atoms with Crippen molar-refractivity contribution in [2.45, 2.75) is 38.8 Å². The molecule has 1 fully saturated rings. The minimum Gasteiger partial charge on any atom is -0.352 e. The molecule has 1 aliphatic heterocycles. The first-order chi connectivity index (χ1) is 13.7. The van der Waals surface area contributed by atoms with Crippen molar-refractivity contribution >= 4 is 17.3 Å². The van der Waals surface area contributed by atoms with E-state index in [0.717, 1.165) is 35.9 Å². The molecule has 144 valence electrons. The first-order valence-electron chi connectivity index (χ1n) is 9.77. The van der Waals surface area contributed by atoms with Crippen LogP contribution in [0, 0.1) is 6.92 Å². The molecule has 28 heavy (non-hydrogen) atoms. The molecule has 6 heteroatoms. The smallest absolute Gasteiger partial charge is 0.170 e. The first kappa shape index (κ1) is 18.6. The van der Waals surface area contributed by atoms with Crippen LogP contribution in [0.4, 0.5) is 0 Å². The molecule has 5 nitrogen and oxygen atoms in total. The minimum absolute atomic E-state index is 0.00952. The van der Waals surface area contributed by atoms with Crippen LogP contribution in [0.15, 0.2) is 61.1 Å². The Labute approximate surface area is 171 Å². The Morgan fingerprint density at radius 1 is 1.11 bits per heavy atom. The SMILES string of the molecule is CCCCN1C(=S)N[C@@H](c2ccccn2)[C@@H]1c1ccc(C)n1-c1cccnc1. The molecule has 1 aliphatic rings. The van der Waals surface area contributed by atoms with Crippen LogP contribution in [0.2, 0.25) is 0 Å². The molecule has 0 amide bonds. The predicted octanol–water partition coefficient (Wildman–Crippen LogP) is 4.35. The Balaban J connectivity index is 1.82. The normalized spacial score (nSPS) is 19.1. The number of nitrogens with one attached hydrogen (secondary N) is 1. The van der Waals surface area contributed by atoms with Crippen LogP contribution in [0.1, 0.15) is 48.9 Å². The van der Waals surface area contributed by atoms with Gasteiger partial charge in [0, 0.05) is 30.3 Å². The summed E-state index contributed by atoms with van der Waals surface area (Å²) in [4.78, 5) is 11.3. The predicted molar refractivity (Wildman–Crippen MR) is 115 cm³/mol. The second-order valence-electron chi connectivity index (χ2n) is 7.12. The molecule has 0 spiro atoms. The monoisotopic (exact) mass is 391 g/mol. The summed E-state index contributed by atoms with van der Waals surface area (Å²) in [5, 5.41) is 4.33. The Hall–Kier alpha value is -2.73. The van der Waals surface area contributed by atoms with E-state index in [1.807, 2.05) is 30.6 Å². The molecular formula is C22H25N5S. The summed E-state index contributed by atoms with van der Waals surface area (Å²) in [6.45, 7) is 5.26. The summed E-state index contributed by atoms with van der Waals surface area (Å²) in [5.41, 5.74) is 4.44. The van der Waals surface area contributed by atoms with Gasteiger partial charge in [-0.3, -0.25) is 9.97 Å². The molecule has 0 aromatic carbocycles. The standard InChI is InChI=1S/C22H25N5S/c1-3-4-14-26-21(20(25-22(26)28)18-9-5-6-13-24-18)19-11-10-16(2)27(19)17-8-7-12-23-15-17/h5-13,15,20-21H,3-4,14H2,1-2H3,(H,25,28)/t20-,21-/m0/s1. The van der Waals surface area contributed by atoms with Gasteiger partial charge in [0.15, 0.2) is 5.11 Å². The maximum absolute atomic E-state index is 5.74. The molecule has 1 N–H and O–H groups in total. The fourth-order valence-corrected chi connectivity index (χ4v) is 4.26. The van der Waals surface area contributed by atoms with E-state index in [9.17, 15) is 0 Å². The number of aryl methyl sites for hydroxylation is 1. The topological polar surface area (TPSA) is 46.0 Å². The number of nitrogens with zero attached hydrogens (tertiary/aromatic N) is 4. The third kappa shape index (κ3) is 3.40. The van der Waals surface area contributed by atoms with Gasteiger partial charge in [0.25, 0.3) is 0 Å². The van der Waals surface area contributed by atoms with Crippen LogP contribution in [-0.4, -0.2) is 31.1 Å².